The van der Waals surface area contributed by atoms with Gasteiger partial charge >= 0.3 is 6.03 Å². The number of nitrogens with zero attached hydrogens (tertiary/aromatic N) is 1. The van der Waals surface area contributed by atoms with Crippen LogP contribution in [-0.2, 0) is 16.6 Å². The van der Waals surface area contributed by atoms with Crippen LogP contribution in [0.1, 0.15) is 23.1 Å². The number of anilines is 1. The molecule has 0 saturated carbocycles. The number of rotatable bonds is 3. The van der Waals surface area contributed by atoms with Crippen molar-refractivity contribution >= 4 is 27.3 Å². The highest BCUT2D eigenvalue weighted by Gasteiger charge is 2.26. The van der Waals surface area contributed by atoms with Gasteiger partial charge in [-0.15, -0.1) is 0 Å². The molecule has 0 aromatic heterocycles. The fourth-order valence-corrected chi connectivity index (χ4v) is 4.76. The van der Waals surface area contributed by atoms with E-state index in [1.807, 2.05) is 43.3 Å². The van der Waals surface area contributed by atoms with Gasteiger partial charge in [0.25, 0.3) is 0 Å². The van der Waals surface area contributed by atoms with Gasteiger partial charge in [-0.05, 0) is 48.2 Å². The van der Waals surface area contributed by atoms with Crippen LogP contribution in [0.15, 0.2) is 53.4 Å². The van der Waals surface area contributed by atoms with Crippen molar-refractivity contribution in [3.8, 4) is 0 Å². The van der Waals surface area contributed by atoms with E-state index in [1.165, 1.54) is 4.31 Å². The molecule has 27 heavy (non-hydrogen) atoms. The molecular formula is C20H21N3O3S. The summed E-state index contributed by atoms with van der Waals surface area (Å²) in [5.41, 5.74) is 5.00. The molecule has 2 aromatic rings. The van der Waals surface area contributed by atoms with Gasteiger partial charge < -0.3 is 10.6 Å². The molecular weight excluding hydrogens is 362 g/mol. The molecule has 6 nitrogen and oxygen atoms in total. The zero-order valence-corrected chi connectivity index (χ0v) is 15.8. The Morgan fingerprint density at radius 1 is 1.07 bits per heavy atom. The van der Waals surface area contributed by atoms with Crippen molar-refractivity contribution in [1.82, 2.24) is 9.62 Å². The van der Waals surface area contributed by atoms with Crippen molar-refractivity contribution in [3.63, 3.8) is 0 Å². The lowest BCUT2D eigenvalue weighted by atomic mass is 9.97. The number of hydrogen-bond acceptors (Lipinski definition) is 3. The van der Waals surface area contributed by atoms with Crippen LogP contribution < -0.4 is 10.6 Å². The van der Waals surface area contributed by atoms with Crippen LogP contribution in [0.25, 0.3) is 5.57 Å². The van der Waals surface area contributed by atoms with Gasteiger partial charge in [-0.3, -0.25) is 0 Å². The number of nitrogens with one attached hydrogen (secondary N) is 2. The topological polar surface area (TPSA) is 78.5 Å². The molecule has 4 rings (SSSR count). The third-order valence-corrected chi connectivity index (χ3v) is 6.88. The van der Waals surface area contributed by atoms with Gasteiger partial charge in [0.05, 0.1) is 4.90 Å². The fraction of sp³-hybridized carbons (Fsp3) is 0.250. The molecule has 0 radical (unpaired) electrons. The maximum Gasteiger partial charge on any atom is 0.319 e. The average Bonchev–Trinajstić information content (AvgIpc) is 2.68. The van der Waals surface area contributed by atoms with Crippen LogP contribution in [0.2, 0.25) is 0 Å². The van der Waals surface area contributed by atoms with Gasteiger partial charge in [-0.2, -0.15) is 4.31 Å². The minimum absolute atomic E-state index is 0.201. The van der Waals surface area contributed by atoms with Gasteiger partial charge in [0.1, 0.15) is 0 Å². The van der Waals surface area contributed by atoms with Crippen molar-refractivity contribution in [3.05, 3.63) is 65.2 Å². The number of aryl methyl sites for hydroxylation is 1. The lowest BCUT2D eigenvalue weighted by Crippen LogP contribution is -2.35. The average molecular weight is 383 g/mol. The monoisotopic (exact) mass is 383 g/mol. The second kappa shape index (κ2) is 6.83. The molecule has 0 atom stereocenters. The summed E-state index contributed by atoms with van der Waals surface area (Å²) in [6.45, 7) is 3.23. The van der Waals surface area contributed by atoms with Crippen molar-refractivity contribution in [2.45, 2.75) is 24.8 Å². The first-order valence-electron chi connectivity index (χ1n) is 8.87. The second-order valence-corrected chi connectivity index (χ2v) is 8.77. The number of sulfonamides is 1. The summed E-state index contributed by atoms with van der Waals surface area (Å²) >= 11 is 0. The molecule has 2 amide bonds. The molecule has 0 saturated heterocycles. The summed E-state index contributed by atoms with van der Waals surface area (Å²) < 4.78 is 27.1. The Morgan fingerprint density at radius 3 is 2.56 bits per heavy atom. The SMILES string of the molecule is Cc1ccc(S(=O)(=O)N2CC=C(c3ccc4c(c3)NC(=O)NC4)CC2)cc1. The molecule has 2 N–H and O–H groups in total. The van der Waals surface area contributed by atoms with E-state index in [2.05, 4.69) is 10.6 Å². The first-order valence-corrected chi connectivity index (χ1v) is 10.3. The normalized spacial score (nSPS) is 17.5. The first-order chi connectivity index (χ1) is 12.9. The van der Waals surface area contributed by atoms with Gasteiger partial charge in [-0.25, -0.2) is 13.2 Å². The molecule has 0 unspecified atom stereocenters. The number of hydrogen-bond donors (Lipinski definition) is 2. The van der Waals surface area contributed by atoms with Gasteiger partial charge in [0.2, 0.25) is 10.0 Å². The van der Waals surface area contributed by atoms with E-state index in [1.54, 1.807) is 12.1 Å². The second-order valence-electron chi connectivity index (χ2n) is 6.84. The maximum absolute atomic E-state index is 12.8. The third kappa shape index (κ3) is 3.48. The lowest BCUT2D eigenvalue weighted by molar-refractivity contribution is 0.251. The Labute approximate surface area is 158 Å². The Hall–Kier alpha value is -2.64. The van der Waals surface area contributed by atoms with Crippen LogP contribution in [0, 0.1) is 6.92 Å². The smallest absolute Gasteiger partial charge is 0.319 e. The predicted molar refractivity (Wildman–Crippen MR) is 105 cm³/mol. The summed E-state index contributed by atoms with van der Waals surface area (Å²) in [4.78, 5) is 11.8. The molecule has 7 heteroatoms. The van der Waals surface area contributed by atoms with Crippen LogP contribution in [0.4, 0.5) is 10.5 Å². The van der Waals surface area contributed by atoms with E-state index >= 15 is 0 Å². The highest BCUT2D eigenvalue weighted by atomic mass is 32.2. The predicted octanol–water partition coefficient (Wildman–Crippen LogP) is 3.11. The fourth-order valence-electron chi connectivity index (χ4n) is 3.38. The number of urea groups is 1. The van der Waals surface area contributed by atoms with E-state index in [-0.39, 0.29) is 6.03 Å². The van der Waals surface area contributed by atoms with Crippen LogP contribution in [-0.4, -0.2) is 31.8 Å². The van der Waals surface area contributed by atoms with Crippen LogP contribution in [0.3, 0.4) is 0 Å². The lowest BCUT2D eigenvalue weighted by Gasteiger charge is -2.27. The zero-order valence-electron chi connectivity index (χ0n) is 15.0. The highest BCUT2D eigenvalue weighted by molar-refractivity contribution is 7.89. The van der Waals surface area contributed by atoms with E-state index in [9.17, 15) is 13.2 Å². The van der Waals surface area contributed by atoms with Gasteiger partial charge in [-0.1, -0.05) is 35.9 Å². The Kier molecular flexibility index (Phi) is 4.49. The number of fused-ring (bicyclic) bond motifs is 1. The highest BCUT2D eigenvalue weighted by Crippen LogP contribution is 2.29. The van der Waals surface area contributed by atoms with Crippen molar-refractivity contribution in [2.24, 2.45) is 0 Å². The van der Waals surface area contributed by atoms with E-state index in [0.717, 1.165) is 28.0 Å². The number of benzene rings is 2. The standard InChI is InChI=1S/C20H21N3O3S/c1-14-2-6-18(7-3-14)27(25,26)23-10-8-15(9-11-23)16-4-5-17-13-21-20(24)22-19(17)12-16/h2-8,12H,9-11,13H2,1H3,(H2,21,22,24). The minimum Gasteiger partial charge on any atom is -0.334 e. The molecule has 2 heterocycles. The molecule has 2 aliphatic heterocycles. The number of carbonyl (C=O) groups is 1. The van der Waals surface area contributed by atoms with Crippen molar-refractivity contribution < 1.29 is 13.2 Å². The zero-order chi connectivity index (χ0) is 19.0. The van der Waals surface area contributed by atoms with Gasteiger partial charge in [0, 0.05) is 25.3 Å². The maximum atomic E-state index is 12.8. The quantitative estimate of drug-likeness (QED) is 0.855. The van der Waals surface area contributed by atoms with Crippen molar-refractivity contribution in [1.29, 1.82) is 0 Å². The van der Waals surface area contributed by atoms with E-state index in [0.29, 0.717) is 31.0 Å². The Bertz CT molecular complexity index is 1030. The molecule has 0 aliphatic carbocycles. The van der Waals surface area contributed by atoms with Gasteiger partial charge in [0.15, 0.2) is 0 Å². The van der Waals surface area contributed by atoms with E-state index < -0.39 is 10.0 Å². The van der Waals surface area contributed by atoms with Crippen molar-refractivity contribution in [2.75, 3.05) is 18.4 Å². The molecule has 0 bridgehead atoms. The van der Waals surface area contributed by atoms with E-state index in [4.69, 9.17) is 0 Å². The third-order valence-electron chi connectivity index (χ3n) is 5.00. The molecule has 0 spiro atoms. The summed E-state index contributed by atoms with van der Waals surface area (Å²) in [5, 5.41) is 5.56. The Morgan fingerprint density at radius 2 is 1.85 bits per heavy atom. The van der Waals surface area contributed by atoms with Crippen LogP contribution >= 0.6 is 0 Å². The summed E-state index contributed by atoms with van der Waals surface area (Å²) in [5.74, 6) is 0. The Balaban J connectivity index is 1.54. The first kappa shape index (κ1) is 17.8. The summed E-state index contributed by atoms with van der Waals surface area (Å²) in [7, 11) is -3.48. The molecule has 2 aliphatic rings. The summed E-state index contributed by atoms with van der Waals surface area (Å²) in [6.07, 6.45) is 2.59. The molecule has 2 aromatic carbocycles. The molecule has 140 valence electrons. The minimum atomic E-state index is -3.48. The largest absolute Gasteiger partial charge is 0.334 e. The summed E-state index contributed by atoms with van der Waals surface area (Å²) in [6, 6.07) is 12.7. The van der Waals surface area contributed by atoms with Crippen LogP contribution in [0.5, 0.6) is 0 Å². The number of carbonyl (C=O) groups excluding carboxylic acids is 1. The molecule has 0 fully saturated rings. The number of amides is 2.